The van der Waals surface area contributed by atoms with Crippen molar-refractivity contribution in [3.05, 3.63) is 78.4 Å². The Kier molecular flexibility index (Phi) is 7.43. The number of nitrogens with zero attached hydrogens (tertiary/aromatic N) is 2. The van der Waals surface area contributed by atoms with E-state index in [2.05, 4.69) is 21.6 Å². The molecule has 5 rings (SSSR count). The number of likely N-dealkylation sites (N-methyl/N-ethyl adjacent to an activating group) is 1. The third-order valence-corrected chi connectivity index (χ3v) is 7.95. The van der Waals surface area contributed by atoms with Crippen molar-refractivity contribution in [3.63, 3.8) is 0 Å². The summed E-state index contributed by atoms with van der Waals surface area (Å²) in [6, 6.07) is 21.6. The summed E-state index contributed by atoms with van der Waals surface area (Å²) in [7, 11) is -1.62. The lowest BCUT2D eigenvalue weighted by molar-refractivity contribution is 0.112. The highest BCUT2D eigenvalue weighted by Gasteiger charge is 2.27. The van der Waals surface area contributed by atoms with Crippen LogP contribution in [0.15, 0.2) is 77.7 Å². The Morgan fingerprint density at radius 2 is 1.53 bits per heavy atom. The highest BCUT2D eigenvalue weighted by molar-refractivity contribution is 7.89. The van der Waals surface area contributed by atoms with Crippen molar-refractivity contribution in [2.75, 3.05) is 53.0 Å². The topological polar surface area (TPSA) is 80.3 Å². The van der Waals surface area contributed by atoms with Gasteiger partial charge in [0.05, 0.1) is 4.90 Å². The van der Waals surface area contributed by atoms with Crippen LogP contribution in [-0.4, -0.2) is 71.2 Å². The van der Waals surface area contributed by atoms with Gasteiger partial charge in [-0.05, 0) is 61.1 Å². The standard InChI is InChI=1S/C27H31N3O5S/c1-29-13-15-30(16-14-29)25(21-7-12-26-27(19-21)34-18-17-33-26)20-28-36(31,32)24-10-8-23(9-11-24)35-22-5-3-2-4-6-22/h2-12,19,25,28H,13-18,20H2,1H3. The molecule has 36 heavy (non-hydrogen) atoms. The Morgan fingerprint density at radius 1 is 0.861 bits per heavy atom. The van der Waals surface area contributed by atoms with Gasteiger partial charge in [-0.1, -0.05) is 24.3 Å². The number of piperazine rings is 1. The number of nitrogens with one attached hydrogen (secondary N) is 1. The summed E-state index contributed by atoms with van der Waals surface area (Å²) < 4.78 is 46.4. The fraction of sp³-hybridized carbons (Fsp3) is 0.333. The molecular weight excluding hydrogens is 478 g/mol. The lowest BCUT2D eigenvalue weighted by Gasteiger charge is -2.38. The van der Waals surface area contributed by atoms with Crippen molar-refractivity contribution < 1.29 is 22.6 Å². The van der Waals surface area contributed by atoms with Crippen LogP contribution < -0.4 is 18.9 Å². The fourth-order valence-corrected chi connectivity index (χ4v) is 5.48. The summed E-state index contributed by atoms with van der Waals surface area (Å²) in [5.74, 6) is 2.70. The van der Waals surface area contributed by atoms with Crippen molar-refractivity contribution in [3.8, 4) is 23.0 Å². The molecule has 2 heterocycles. The van der Waals surface area contributed by atoms with E-state index in [9.17, 15) is 8.42 Å². The molecule has 9 heteroatoms. The zero-order valence-electron chi connectivity index (χ0n) is 20.3. The second-order valence-corrected chi connectivity index (χ2v) is 10.8. The molecular formula is C27H31N3O5S. The smallest absolute Gasteiger partial charge is 0.240 e. The normalized spacial score (nSPS) is 17.5. The zero-order chi connectivity index (χ0) is 25.0. The number of hydrogen-bond donors (Lipinski definition) is 1. The lowest BCUT2D eigenvalue weighted by Crippen LogP contribution is -2.48. The summed E-state index contributed by atoms with van der Waals surface area (Å²) in [4.78, 5) is 4.80. The van der Waals surface area contributed by atoms with E-state index < -0.39 is 10.0 Å². The highest BCUT2D eigenvalue weighted by Crippen LogP contribution is 2.34. The number of sulfonamides is 1. The van der Waals surface area contributed by atoms with Crippen molar-refractivity contribution in [2.45, 2.75) is 10.9 Å². The predicted molar refractivity (Wildman–Crippen MR) is 137 cm³/mol. The second-order valence-electron chi connectivity index (χ2n) is 9.00. The number of hydrogen-bond acceptors (Lipinski definition) is 7. The zero-order valence-corrected chi connectivity index (χ0v) is 21.1. The number of rotatable bonds is 8. The molecule has 0 aliphatic carbocycles. The molecule has 0 spiro atoms. The minimum absolute atomic E-state index is 0.134. The third-order valence-electron chi connectivity index (χ3n) is 6.51. The second kappa shape index (κ2) is 10.9. The van der Waals surface area contributed by atoms with Crippen molar-refractivity contribution in [2.24, 2.45) is 0 Å². The minimum Gasteiger partial charge on any atom is -0.486 e. The Hall–Kier alpha value is -3.11. The van der Waals surface area contributed by atoms with Crippen LogP contribution in [0.4, 0.5) is 0 Å². The average molecular weight is 510 g/mol. The summed E-state index contributed by atoms with van der Waals surface area (Å²) in [5.41, 5.74) is 0.998. The summed E-state index contributed by atoms with van der Waals surface area (Å²) in [6.07, 6.45) is 0. The van der Waals surface area contributed by atoms with Crippen LogP contribution >= 0.6 is 0 Å². The van der Waals surface area contributed by atoms with Gasteiger partial charge in [-0.3, -0.25) is 4.90 Å². The van der Waals surface area contributed by atoms with E-state index in [1.807, 2.05) is 48.5 Å². The molecule has 3 aromatic carbocycles. The van der Waals surface area contributed by atoms with Crippen molar-refractivity contribution in [1.82, 2.24) is 14.5 Å². The van der Waals surface area contributed by atoms with Crippen LogP contribution in [0.5, 0.6) is 23.0 Å². The molecule has 1 saturated heterocycles. The van der Waals surface area contributed by atoms with E-state index in [1.165, 1.54) is 0 Å². The molecule has 0 amide bonds. The van der Waals surface area contributed by atoms with E-state index in [0.717, 1.165) is 37.5 Å². The lowest BCUT2D eigenvalue weighted by atomic mass is 10.0. The van der Waals surface area contributed by atoms with E-state index in [0.29, 0.717) is 30.5 Å². The van der Waals surface area contributed by atoms with Gasteiger partial charge >= 0.3 is 0 Å². The average Bonchev–Trinajstić information content (AvgIpc) is 2.90. The number of ether oxygens (including phenoxy) is 3. The van der Waals surface area contributed by atoms with E-state index in [-0.39, 0.29) is 17.5 Å². The molecule has 0 saturated carbocycles. The molecule has 0 aromatic heterocycles. The number of para-hydroxylation sites is 1. The first-order chi connectivity index (χ1) is 17.5. The predicted octanol–water partition coefficient (Wildman–Crippen LogP) is 3.52. The third kappa shape index (κ3) is 5.82. The largest absolute Gasteiger partial charge is 0.486 e. The fourth-order valence-electron chi connectivity index (χ4n) is 4.44. The van der Waals surface area contributed by atoms with Crippen LogP contribution in [0, 0.1) is 0 Å². The van der Waals surface area contributed by atoms with Gasteiger partial charge in [-0.25, -0.2) is 13.1 Å². The first-order valence-corrected chi connectivity index (χ1v) is 13.6. The first kappa shape index (κ1) is 24.6. The van der Waals surface area contributed by atoms with Gasteiger partial charge in [-0.2, -0.15) is 0 Å². The van der Waals surface area contributed by atoms with Crippen molar-refractivity contribution >= 4 is 10.0 Å². The Morgan fingerprint density at radius 3 is 2.25 bits per heavy atom. The maximum atomic E-state index is 13.2. The molecule has 1 fully saturated rings. The maximum absolute atomic E-state index is 13.2. The van der Waals surface area contributed by atoms with E-state index in [4.69, 9.17) is 14.2 Å². The Labute approximate surface area is 212 Å². The number of fused-ring (bicyclic) bond motifs is 1. The molecule has 1 unspecified atom stereocenters. The van der Waals surface area contributed by atoms with Crippen LogP contribution in [-0.2, 0) is 10.0 Å². The van der Waals surface area contributed by atoms with Gasteiger partial charge in [-0.15, -0.1) is 0 Å². The quantitative estimate of drug-likeness (QED) is 0.498. The highest BCUT2D eigenvalue weighted by atomic mass is 32.2. The molecule has 0 radical (unpaired) electrons. The Balaban J connectivity index is 1.31. The van der Waals surface area contributed by atoms with Crippen molar-refractivity contribution in [1.29, 1.82) is 0 Å². The van der Waals surface area contributed by atoms with Crippen LogP contribution in [0.2, 0.25) is 0 Å². The first-order valence-electron chi connectivity index (χ1n) is 12.1. The molecule has 0 bridgehead atoms. The van der Waals surface area contributed by atoms with Gasteiger partial charge in [0, 0.05) is 38.8 Å². The molecule has 2 aliphatic heterocycles. The van der Waals surface area contributed by atoms with Gasteiger partial charge < -0.3 is 19.1 Å². The Bertz CT molecular complexity index is 1260. The molecule has 1 N–H and O–H groups in total. The SMILES string of the molecule is CN1CCN(C(CNS(=O)(=O)c2ccc(Oc3ccccc3)cc2)c2ccc3c(c2)OCCO3)CC1. The van der Waals surface area contributed by atoms with Crippen LogP contribution in [0.3, 0.4) is 0 Å². The van der Waals surface area contributed by atoms with Gasteiger partial charge in [0.2, 0.25) is 10.0 Å². The summed E-state index contributed by atoms with van der Waals surface area (Å²) in [5, 5.41) is 0. The minimum atomic E-state index is -3.72. The van der Waals surface area contributed by atoms with E-state index in [1.54, 1.807) is 24.3 Å². The number of benzene rings is 3. The molecule has 190 valence electrons. The van der Waals surface area contributed by atoms with Crippen LogP contribution in [0.25, 0.3) is 0 Å². The van der Waals surface area contributed by atoms with E-state index >= 15 is 0 Å². The maximum Gasteiger partial charge on any atom is 0.240 e. The molecule has 8 nitrogen and oxygen atoms in total. The summed E-state index contributed by atoms with van der Waals surface area (Å²) in [6.45, 7) is 4.84. The monoisotopic (exact) mass is 509 g/mol. The molecule has 3 aromatic rings. The summed E-state index contributed by atoms with van der Waals surface area (Å²) >= 11 is 0. The molecule has 2 aliphatic rings. The van der Waals surface area contributed by atoms with Crippen LogP contribution in [0.1, 0.15) is 11.6 Å². The van der Waals surface area contributed by atoms with Gasteiger partial charge in [0.1, 0.15) is 24.7 Å². The molecule has 1 atom stereocenters. The van der Waals surface area contributed by atoms with Gasteiger partial charge in [0.15, 0.2) is 11.5 Å². The van der Waals surface area contributed by atoms with Gasteiger partial charge in [0.25, 0.3) is 0 Å².